The highest BCUT2D eigenvalue weighted by atomic mass is 16.6. The Morgan fingerprint density at radius 2 is 0.608 bits per heavy atom. The average molecular weight is 723 g/mol. The third-order valence-electron chi connectivity index (χ3n) is 10.7. The smallest absolute Gasteiger partial charge is 0.306 e. The molecule has 0 aromatic carbocycles. The third-order valence-corrected chi connectivity index (χ3v) is 10.7. The topological polar surface area (TPSA) is 72.8 Å². The van der Waals surface area contributed by atoms with Gasteiger partial charge in [0.15, 0.2) is 6.10 Å². The van der Waals surface area contributed by atoms with Crippen LogP contribution in [-0.4, -0.2) is 36.4 Å². The van der Waals surface area contributed by atoms with E-state index in [1.165, 1.54) is 205 Å². The molecule has 0 saturated heterocycles. The average Bonchev–Trinajstić information content (AvgIpc) is 3.13. The molecule has 304 valence electrons. The summed E-state index contributed by atoms with van der Waals surface area (Å²) in [6, 6.07) is 0. The summed E-state index contributed by atoms with van der Waals surface area (Å²) in [7, 11) is 0. The van der Waals surface area contributed by atoms with Crippen molar-refractivity contribution >= 4 is 11.9 Å². The number of rotatable bonds is 43. The summed E-state index contributed by atoms with van der Waals surface area (Å²) in [5, 5.41) is 9.59. The maximum atomic E-state index is 12.2. The number of unbranched alkanes of at least 4 members (excludes halogenated alkanes) is 35. The highest BCUT2D eigenvalue weighted by Gasteiger charge is 2.16. The van der Waals surface area contributed by atoms with Crippen molar-refractivity contribution in [1.29, 1.82) is 0 Å². The Hall–Kier alpha value is -1.10. The van der Waals surface area contributed by atoms with Crippen LogP contribution >= 0.6 is 0 Å². The van der Waals surface area contributed by atoms with E-state index in [0.29, 0.717) is 12.8 Å². The number of aliphatic hydroxyl groups excluding tert-OH is 1. The van der Waals surface area contributed by atoms with Crippen LogP contribution in [0.25, 0.3) is 0 Å². The van der Waals surface area contributed by atoms with E-state index in [4.69, 9.17) is 9.47 Å². The molecule has 0 aromatic heterocycles. The zero-order valence-electron chi connectivity index (χ0n) is 34.6. The second-order valence-electron chi connectivity index (χ2n) is 15.9. The molecule has 0 aliphatic carbocycles. The van der Waals surface area contributed by atoms with Crippen LogP contribution in [0.1, 0.15) is 264 Å². The molecule has 0 radical (unpaired) electrons. The quantitative estimate of drug-likeness (QED) is 0.0501. The predicted octanol–water partition coefficient (Wildman–Crippen LogP) is 14.7. The first-order chi connectivity index (χ1) is 25.1. The van der Waals surface area contributed by atoms with Gasteiger partial charge in [-0.1, -0.05) is 239 Å². The van der Waals surface area contributed by atoms with Crippen molar-refractivity contribution in [3.63, 3.8) is 0 Å². The van der Waals surface area contributed by atoms with E-state index in [2.05, 4.69) is 13.8 Å². The van der Waals surface area contributed by atoms with Crippen LogP contribution in [0.2, 0.25) is 0 Å². The van der Waals surface area contributed by atoms with Gasteiger partial charge in [-0.25, -0.2) is 0 Å². The lowest BCUT2D eigenvalue weighted by molar-refractivity contribution is -0.161. The van der Waals surface area contributed by atoms with Crippen molar-refractivity contribution in [2.45, 2.75) is 270 Å². The van der Waals surface area contributed by atoms with Crippen molar-refractivity contribution in [1.82, 2.24) is 0 Å². The fourth-order valence-electron chi connectivity index (χ4n) is 7.15. The van der Waals surface area contributed by atoms with Gasteiger partial charge in [-0.3, -0.25) is 9.59 Å². The lowest BCUT2D eigenvalue weighted by Gasteiger charge is -2.15. The molecule has 0 bridgehead atoms. The molecule has 0 amide bonds. The number of carbonyl (C=O) groups excluding carboxylic acids is 2. The highest BCUT2D eigenvalue weighted by molar-refractivity contribution is 5.70. The summed E-state index contributed by atoms with van der Waals surface area (Å²) in [5.41, 5.74) is 0. The molecule has 51 heavy (non-hydrogen) atoms. The van der Waals surface area contributed by atoms with Crippen molar-refractivity contribution in [3.05, 3.63) is 0 Å². The van der Waals surface area contributed by atoms with Crippen LogP contribution in [0.4, 0.5) is 0 Å². The molecule has 0 fully saturated rings. The van der Waals surface area contributed by atoms with Gasteiger partial charge in [-0.05, 0) is 12.8 Å². The second kappa shape index (κ2) is 43.3. The van der Waals surface area contributed by atoms with Gasteiger partial charge in [-0.2, -0.15) is 0 Å². The molecule has 1 N–H and O–H groups in total. The Kier molecular flexibility index (Phi) is 42.4. The predicted molar refractivity (Wildman–Crippen MR) is 219 cm³/mol. The molecule has 0 saturated carbocycles. The van der Waals surface area contributed by atoms with Crippen molar-refractivity contribution in [2.75, 3.05) is 13.2 Å². The maximum absolute atomic E-state index is 12.2. The molecule has 0 aliphatic heterocycles. The molecule has 0 spiro atoms. The number of aliphatic hydroxyl groups is 1. The molecule has 0 rings (SSSR count). The van der Waals surface area contributed by atoms with E-state index in [-0.39, 0.29) is 25.2 Å². The van der Waals surface area contributed by atoms with Gasteiger partial charge in [-0.15, -0.1) is 0 Å². The molecule has 0 aromatic rings. The van der Waals surface area contributed by atoms with Crippen molar-refractivity contribution in [3.8, 4) is 0 Å². The third kappa shape index (κ3) is 41.5. The van der Waals surface area contributed by atoms with Crippen LogP contribution < -0.4 is 0 Å². The molecule has 0 unspecified atom stereocenters. The van der Waals surface area contributed by atoms with Crippen molar-refractivity contribution < 1.29 is 24.2 Å². The van der Waals surface area contributed by atoms with E-state index in [1.807, 2.05) is 0 Å². The first kappa shape index (κ1) is 49.9. The lowest BCUT2D eigenvalue weighted by Crippen LogP contribution is -2.28. The zero-order chi connectivity index (χ0) is 37.1. The van der Waals surface area contributed by atoms with E-state index in [1.54, 1.807) is 0 Å². The first-order valence-electron chi connectivity index (χ1n) is 23.1. The van der Waals surface area contributed by atoms with E-state index >= 15 is 0 Å². The first-order valence-corrected chi connectivity index (χ1v) is 23.1. The number of hydrogen-bond donors (Lipinski definition) is 1. The number of ether oxygens (including phenoxy) is 2. The van der Waals surface area contributed by atoms with Crippen LogP contribution in [0.3, 0.4) is 0 Å². The lowest BCUT2D eigenvalue weighted by atomic mass is 10.0. The van der Waals surface area contributed by atoms with E-state index in [9.17, 15) is 14.7 Å². The molecule has 0 aliphatic rings. The molecular formula is C46H90O5. The molecule has 1 atom stereocenters. The standard InChI is InChI=1S/C46H90O5/c1-3-5-7-9-11-13-15-17-19-21-23-25-26-28-30-32-34-36-38-40-45(48)50-43-44(42-47)51-46(49)41-39-37-35-33-31-29-27-24-22-20-18-16-14-12-10-8-6-4-2/h44,47H,3-43H2,1-2H3/t44-/m0/s1. The van der Waals surface area contributed by atoms with Gasteiger partial charge in [0.1, 0.15) is 6.61 Å². The largest absolute Gasteiger partial charge is 0.462 e. The fourth-order valence-corrected chi connectivity index (χ4v) is 7.15. The Labute approximate surface area is 319 Å². The van der Waals surface area contributed by atoms with Gasteiger partial charge < -0.3 is 14.6 Å². The van der Waals surface area contributed by atoms with E-state index in [0.717, 1.165) is 32.1 Å². The normalized spacial score (nSPS) is 12.0. The van der Waals surface area contributed by atoms with Crippen molar-refractivity contribution in [2.24, 2.45) is 0 Å². The van der Waals surface area contributed by atoms with Gasteiger partial charge in [0.2, 0.25) is 0 Å². The van der Waals surface area contributed by atoms with Crippen LogP contribution in [0, 0.1) is 0 Å². The minimum absolute atomic E-state index is 0.0562. The summed E-state index contributed by atoms with van der Waals surface area (Å²) in [5.74, 6) is -0.569. The minimum Gasteiger partial charge on any atom is -0.462 e. The number of carbonyl (C=O) groups is 2. The maximum Gasteiger partial charge on any atom is 0.306 e. The Bertz CT molecular complexity index is 695. The summed E-state index contributed by atoms with van der Waals surface area (Å²) in [6.07, 6.45) is 48.9. The zero-order valence-corrected chi connectivity index (χ0v) is 34.6. The number of esters is 2. The summed E-state index contributed by atoms with van der Waals surface area (Å²) < 4.78 is 10.7. The molecule has 5 nitrogen and oxygen atoms in total. The Morgan fingerprint density at radius 3 is 0.863 bits per heavy atom. The summed E-state index contributed by atoms with van der Waals surface area (Å²) in [4.78, 5) is 24.4. The van der Waals surface area contributed by atoms with Gasteiger partial charge in [0.25, 0.3) is 0 Å². The molecule has 0 heterocycles. The van der Waals surface area contributed by atoms with Crippen LogP contribution in [-0.2, 0) is 19.1 Å². The highest BCUT2D eigenvalue weighted by Crippen LogP contribution is 2.17. The Balaban J connectivity index is 3.45. The van der Waals surface area contributed by atoms with Gasteiger partial charge >= 0.3 is 11.9 Å². The number of hydrogen-bond acceptors (Lipinski definition) is 5. The summed E-state index contributed by atoms with van der Waals surface area (Å²) >= 11 is 0. The van der Waals surface area contributed by atoms with Gasteiger partial charge in [0.05, 0.1) is 6.61 Å². The minimum atomic E-state index is -0.762. The van der Waals surface area contributed by atoms with Gasteiger partial charge in [0, 0.05) is 12.8 Å². The van der Waals surface area contributed by atoms with Crippen LogP contribution in [0.5, 0.6) is 0 Å². The molecule has 5 heteroatoms. The molecular weight excluding hydrogens is 633 g/mol. The summed E-state index contributed by atoms with van der Waals surface area (Å²) in [6.45, 7) is 4.19. The van der Waals surface area contributed by atoms with E-state index < -0.39 is 6.10 Å². The fraction of sp³-hybridized carbons (Fsp3) is 0.957. The van der Waals surface area contributed by atoms with Crippen LogP contribution in [0.15, 0.2) is 0 Å². The monoisotopic (exact) mass is 723 g/mol. The second-order valence-corrected chi connectivity index (χ2v) is 15.9. The SMILES string of the molecule is CCCCCCCCCCCCCCCCCCCCCC(=O)OC[C@H](CO)OC(=O)CCCCCCCCCCCCCCCCCCCC. The Morgan fingerprint density at radius 1 is 0.373 bits per heavy atom.